The molecule has 2 N–H and O–H groups in total. The van der Waals surface area contributed by atoms with Crippen molar-refractivity contribution in [3.63, 3.8) is 0 Å². The maximum absolute atomic E-state index is 12.3. The molecule has 2 aliphatic rings. The Hall–Kier alpha value is -2.39. The first-order valence-corrected chi connectivity index (χ1v) is 7.16. The van der Waals surface area contributed by atoms with Gasteiger partial charge in [0.2, 0.25) is 0 Å². The maximum Gasteiger partial charge on any atom is 0.270 e. The van der Waals surface area contributed by atoms with E-state index in [1.807, 2.05) is 6.07 Å². The lowest BCUT2D eigenvalue weighted by atomic mass is 10.0. The second kappa shape index (κ2) is 4.57. The fraction of sp³-hybridized carbons (Fsp3) is 0.400. The van der Waals surface area contributed by atoms with E-state index in [0.717, 1.165) is 24.9 Å². The van der Waals surface area contributed by atoms with Gasteiger partial charge in [-0.05, 0) is 37.0 Å². The molecule has 1 saturated heterocycles. The van der Waals surface area contributed by atoms with Crippen LogP contribution in [0.4, 0.5) is 0 Å². The van der Waals surface area contributed by atoms with Crippen molar-refractivity contribution in [2.45, 2.75) is 24.9 Å². The summed E-state index contributed by atoms with van der Waals surface area (Å²) in [6.45, 7) is 0.992. The summed E-state index contributed by atoms with van der Waals surface area (Å²) in [5, 5.41) is 15.5. The van der Waals surface area contributed by atoms with Gasteiger partial charge in [0, 0.05) is 18.6 Å². The van der Waals surface area contributed by atoms with Crippen LogP contribution in [-0.2, 0) is 0 Å². The van der Waals surface area contributed by atoms with Gasteiger partial charge in [-0.3, -0.25) is 9.20 Å². The minimum absolute atomic E-state index is 0.130. The number of rotatable bonds is 2. The maximum atomic E-state index is 12.3. The van der Waals surface area contributed by atoms with Gasteiger partial charge in [0.1, 0.15) is 23.8 Å². The Morgan fingerprint density at radius 1 is 1.48 bits per heavy atom. The second-order valence-electron chi connectivity index (χ2n) is 5.82. The average Bonchev–Trinajstić information content (AvgIpc) is 3.21. The molecule has 2 fully saturated rings. The number of hydrogen-bond donors (Lipinski definition) is 2. The molecular weight excluding hydrogens is 266 g/mol. The van der Waals surface area contributed by atoms with Crippen LogP contribution in [0.3, 0.4) is 0 Å². The van der Waals surface area contributed by atoms with E-state index in [0.29, 0.717) is 23.3 Å². The molecule has 106 valence electrons. The smallest absolute Gasteiger partial charge is 0.270 e. The predicted octanol–water partition coefficient (Wildman–Crippen LogP) is 0.686. The first-order valence-electron chi connectivity index (χ1n) is 7.16. The lowest BCUT2D eigenvalue weighted by molar-refractivity contribution is 0.0920. The summed E-state index contributed by atoms with van der Waals surface area (Å²) in [6.07, 6.45) is 3.69. The molecule has 4 rings (SSSR count). The third-order valence-electron chi connectivity index (χ3n) is 4.57. The zero-order valence-electron chi connectivity index (χ0n) is 11.4. The van der Waals surface area contributed by atoms with Crippen molar-refractivity contribution in [1.29, 1.82) is 5.26 Å². The van der Waals surface area contributed by atoms with E-state index in [1.54, 1.807) is 16.5 Å². The van der Waals surface area contributed by atoms with Crippen molar-refractivity contribution < 1.29 is 4.79 Å². The van der Waals surface area contributed by atoms with Crippen molar-refractivity contribution in [3.8, 4) is 6.07 Å². The third kappa shape index (κ3) is 1.98. The topological polar surface area (TPSA) is 82.2 Å². The van der Waals surface area contributed by atoms with Gasteiger partial charge in [-0.15, -0.1) is 0 Å². The number of fused-ring (bicyclic) bond motifs is 3. The SMILES string of the molecule is N#Cc1ccc2cc(C(=O)NC3CC4CC3CN4)ncn12. The predicted molar refractivity (Wildman–Crippen MR) is 75.7 cm³/mol. The van der Waals surface area contributed by atoms with Crippen LogP contribution in [-0.4, -0.2) is 33.9 Å². The molecule has 3 atom stereocenters. The summed E-state index contributed by atoms with van der Waals surface area (Å²) in [5.74, 6) is 0.413. The van der Waals surface area contributed by atoms with E-state index >= 15 is 0 Å². The van der Waals surface area contributed by atoms with Crippen molar-refractivity contribution in [3.05, 3.63) is 35.9 Å². The van der Waals surface area contributed by atoms with Gasteiger partial charge in [0.25, 0.3) is 5.91 Å². The lowest BCUT2D eigenvalue weighted by Crippen LogP contribution is -2.44. The van der Waals surface area contributed by atoms with Crippen LogP contribution in [0, 0.1) is 17.2 Å². The summed E-state index contributed by atoms with van der Waals surface area (Å²) in [7, 11) is 0. The number of piperidine rings is 1. The van der Waals surface area contributed by atoms with E-state index < -0.39 is 0 Å². The molecule has 1 saturated carbocycles. The standard InChI is InChI=1S/C15H15N5O/c16-6-12-2-1-11-5-14(18-8-20(11)12)15(21)19-13-4-10-3-9(13)7-17-10/h1-2,5,8-10,13,17H,3-4,7H2,(H,19,21). The van der Waals surface area contributed by atoms with Crippen LogP contribution in [0.5, 0.6) is 0 Å². The molecule has 1 aliphatic heterocycles. The number of carbonyl (C=O) groups is 1. The second-order valence-corrected chi connectivity index (χ2v) is 5.82. The molecule has 0 radical (unpaired) electrons. The molecule has 21 heavy (non-hydrogen) atoms. The van der Waals surface area contributed by atoms with Crippen molar-refractivity contribution in [2.24, 2.45) is 5.92 Å². The molecule has 2 aromatic rings. The van der Waals surface area contributed by atoms with Crippen LogP contribution in [0.15, 0.2) is 24.5 Å². The van der Waals surface area contributed by atoms with Crippen molar-refractivity contribution in [1.82, 2.24) is 20.0 Å². The highest BCUT2D eigenvalue weighted by atomic mass is 16.1. The van der Waals surface area contributed by atoms with E-state index in [4.69, 9.17) is 5.26 Å². The summed E-state index contributed by atoms with van der Waals surface area (Å²) in [5.41, 5.74) is 1.73. The van der Waals surface area contributed by atoms with Crippen molar-refractivity contribution >= 4 is 11.4 Å². The lowest BCUT2D eigenvalue weighted by Gasteiger charge is -2.23. The number of aromatic nitrogens is 2. The van der Waals surface area contributed by atoms with Gasteiger partial charge in [0.15, 0.2) is 0 Å². The van der Waals surface area contributed by atoms with Gasteiger partial charge in [-0.25, -0.2) is 4.98 Å². The number of carbonyl (C=O) groups excluding carboxylic acids is 1. The van der Waals surface area contributed by atoms with Gasteiger partial charge in [0.05, 0.1) is 5.52 Å². The minimum atomic E-state index is -0.130. The number of nitrogens with zero attached hydrogens (tertiary/aromatic N) is 3. The molecule has 1 aliphatic carbocycles. The van der Waals surface area contributed by atoms with Crippen LogP contribution in [0.25, 0.3) is 5.52 Å². The van der Waals surface area contributed by atoms with Crippen LogP contribution >= 0.6 is 0 Å². The molecule has 2 aromatic heterocycles. The highest BCUT2D eigenvalue weighted by molar-refractivity contribution is 5.93. The first kappa shape index (κ1) is 12.4. The summed E-state index contributed by atoms with van der Waals surface area (Å²) in [4.78, 5) is 16.5. The molecule has 0 spiro atoms. The van der Waals surface area contributed by atoms with Gasteiger partial charge < -0.3 is 10.6 Å². The first-order chi connectivity index (χ1) is 10.2. The molecule has 2 bridgehead atoms. The van der Waals surface area contributed by atoms with E-state index in [2.05, 4.69) is 21.7 Å². The zero-order chi connectivity index (χ0) is 14.4. The average molecular weight is 281 g/mol. The van der Waals surface area contributed by atoms with Crippen LogP contribution < -0.4 is 10.6 Å². The Labute approximate surface area is 121 Å². The quantitative estimate of drug-likeness (QED) is 0.848. The molecule has 3 heterocycles. The fourth-order valence-corrected chi connectivity index (χ4v) is 3.48. The number of nitrogens with one attached hydrogen (secondary N) is 2. The molecule has 6 nitrogen and oxygen atoms in total. The van der Waals surface area contributed by atoms with E-state index in [1.165, 1.54) is 6.33 Å². The summed E-state index contributed by atoms with van der Waals surface area (Å²) < 4.78 is 1.68. The van der Waals surface area contributed by atoms with Crippen LogP contribution in [0.2, 0.25) is 0 Å². The highest BCUT2D eigenvalue weighted by Crippen LogP contribution is 2.31. The molecule has 0 aromatic carbocycles. The largest absolute Gasteiger partial charge is 0.348 e. The molecule has 6 heteroatoms. The Balaban J connectivity index is 1.55. The molecular formula is C15H15N5O. The summed E-state index contributed by atoms with van der Waals surface area (Å²) >= 11 is 0. The number of amides is 1. The number of nitriles is 1. The monoisotopic (exact) mass is 281 g/mol. The normalized spacial score (nSPS) is 26.9. The van der Waals surface area contributed by atoms with Gasteiger partial charge in [-0.2, -0.15) is 5.26 Å². The van der Waals surface area contributed by atoms with Crippen LogP contribution in [0.1, 0.15) is 29.0 Å². The van der Waals surface area contributed by atoms with Gasteiger partial charge in [-0.1, -0.05) is 0 Å². The minimum Gasteiger partial charge on any atom is -0.348 e. The Bertz CT molecular complexity index is 759. The number of hydrogen-bond acceptors (Lipinski definition) is 4. The zero-order valence-corrected chi connectivity index (χ0v) is 11.4. The van der Waals surface area contributed by atoms with E-state index in [-0.39, 0.29) is 11.9 Å². The van der Waals surface area contributed by atoms with E-state index in [9.17, 15) is 4.79 Å². The third-order valence-corrected chi connectivity index (χ3v) is 4.57. The Morgan fingerprint density at radius 2 is 2.38 bits per heavy atom. The molecule has 1 amide bonds. The summed E-state index contributed by atoms with van der Waals surface area (Å²) in [6, 6.07) is 8.16. The van der Waals surface area contributed by atoms with Crippen molar-refractivity contribution in [2.75, 3.05) is 6.54 Å². The fourth-order valence-electron chi connectivity index (χ4n) is 3.48. The Kier molecular flexibility index (Phi) is 2.69. The highest BCUT2D eigenvalue weighted by Gasteiger charge is 2.40. The molecule has 3 unspecified atom stereocenters. The Morgan fingerprint density at radius 3 is 3.10 bits per heavy atom. The van der Waals surface area contributed by atoms with Gasteiger partial charge >= 0.3 is 0 Å².